The fraction of sp³-hybridized carbons (Fsp3) is 0. The summed E-state index contributed by atoms with van der Waals surface area (Å²) in [7, 11) is 0. The number of fused-ring (bicyclic) bond motifs is 6. The van der Waals surface area contributed by atoms with E-state index >= 15 is 0 Å². The molecule has 0 spiro atoms. The van der Waals surface area contributed by atoms with Gasteiger partial charge in [-0.15, -0.1) is 11.3 Å². The highest BCUT2D eigenvalue weighted by atomic mass is 32.1. The maximum absolute atomic E-state index is 2.42. The first-order valence-electron chi connectivity index (χ1n) is 15.7. The summed E-state index contributed by atoms with van der Waals surface area (Å²) in [5, 5.41) is 7.69. The third-order valence-corrected chi connectivity index (χ3v) is 10.2. The summed E-state index contributed by atoms with van der Waals surface area (Å²) in [5.41, 5.74) is 8.28. The number of hydrogen-bond acceptors (Lipinski definition) is 2. The SMILES string of the molecule is c1ccc(-c2ccc(N(c3cccc(-c4cccc5ccccc45)c3)c3cccc4c3ccc3sc5ccccc5c34)cc2)cc1. The van der Waals surface area contributed by atoms with Gasteiger partial charge in [-0.2, -0.15) is 0 Å². The highest BCUT2D eigenvalue weighted by molar-refractivity contribution is 7.26. The van der Waals surface area contributed by atoms with E-state index in [2.05, 4.69) is 181 Å². The first-order chi connectivity index (χ1) is 22.8. The highest BCUT2D eigenvalue weighted by Gasteiger charge is 2.18. The molecule has 0 N–H and O–H groups in total. The van der Waals surface area contributed by atoms with Crippen LogP contribution in [0.2, 0.25) is 0 Å². The molecule has 0 aliphatic rings. The second-order valence-electron chi connectivity index (χ2n) is 11.7. The van der Waals surface area contributed by atoms with Gasteiger partial charge in [-0.3, -0.25) is 0 Å². The van der Waals surface area contributed by atoms with Gasteiger partial charge >= 0.3 is 0 Å². The Kier molecular flexibility index (Phi) is 6.40. The Bertz CT molecular complexity index is 2520. The summed E-state index contributed by atoms with van der Waals surface area (Å²) in [5.74, 6) is 0. The van der Waals surface area contributed by atoms with E-state index in [0.717, 1.165) is 17.1 Å². The van der Waals surface area contributed by atoms with E-state index in [-0.39, 0.29) is 0 Å². The predicted molar refractivity (Wildman–Crippen MR) is 200 cm³/mol. The van der Waals surface area contributed by atoms with Crippen molar-refractivity contribution in [2.75, 3.05) is 4.90 Å². The molecule has 1 nitrogen and oxygen atoms in total. The van der Waals surface area contributed by atoms with Gasteiger partial charge in [-0.05, 0) is 80.9 Å². The van der Waals surface area contributed by atoms with Gasteiger partial charge in [0.2, 0.25) is 0 Å². The molecule has 9 aromatic rings. The van der Waals surface area contributed by atoms with Gasteiger partial charge in [0.25, 0.3) is 0 Å². The lowest BCUT2D eigenvalue weighted by molar-refractivity contribution is 1.30. The third kappa shape index (κ3) is 4.46. The summed E-state index contributed by atoms with van der Waals surface area (Å²) in [6, 6.07) is 63.9. The number of anilines is 3. The van der Waals surface area contributed by atoms with Gasteiger partial charge in [0, 0.05) is 36.9 Å². The van der Waals surface area contributed by atoms with E-state index in [1.165, 1.54) is 64.0 Å². The molecule has 46 heavy (non-hydrogen) atoms. The van der Waals surface area contributed by atoms with Crippen molar-refractivity contribution in [3.8, 4) is 22.3 Å². The Hall–Kier alpha value is -5.70. The van der Waals surface area contributed by atoms with Crippen LogP contribution in [-0.4, -0.2) is 0 Å². The average molecular weight is 604 g/mol. The molecule has 0 aliphatic carbocycles. The van der Waals surface area contributed by atoms with Crippen LogP contribution in [0.1, 0.15) is 0 Å². The Morgan fingerprint density at radius 3 is 1.93 bits per heavy atom. The van der Waals surface area contributed by atoms with Gasteiger partial charge < -0.3 is 4.90 Å². The fourth-order valence-corrected chi connectivity index (χ4v) is 8.03. The zero-order valence-electron chi connectivity index (χ0n) is 25.1. The largest absolute Gasteiger partial charge is 0.310 e. The van der Waals surface area contributed by atoms with Crippen LogP contribution >= 0.6 is 11.3 Å². The molecule has 8 aromatic carbocycles. The zero-order valence-corrected chi connectivity index (χ0v) is 25.9. The van der Waals surface area contributed by atoms with Crippen molar-refractivity contribution in [1.29, 1.82) is 0 Å². The quantitative estimate of drug-likeness (QED) is 0.189. The van der Waals surface area contributed by atoms with Crippen molar-refractivity contribution in [2.45, 2.75) is 0 Å². The minimum atomic E-state index is 1.12. The molecule has 9 rings (SSSR count). The molecule has 2 heteroatoms. The van der Waals surface area contributed by atoms with Gasteiger partial charge in [0.15, 0.2) is 0 Å². The molecule has 0 amide bonds. The highest BCUT2D eigenvalue weighted by Crippen LogP contribution is 2.45. The lowest BCUT2D eigenvalue weighted by Crippen LogP contribution is -2.10. The summed E-state index contributed by atoms with van der Waals surface area (Å²) in [4.78, 5) is 2.42. The molecule has 1 aromatic heterocycles. The molecule has 216 valence electrons. The standard InChI is InChI=1S/C44H29NS/c1-2-11-30(12-3-1)31-23-25-34(26-24-31)45(35-16-8-15-33(29-35)37-19-9-14-32-13-4-5-17-36(32)37)41-21-10-20-39-38(41)27-28-43-44(39)40-18-6-7-22-42(40)46-43/h1-29H. The average Bonchev–Trinajstić information content (AvgIpc) is 3.52. The fourth-order valence-electron chi connectivity index (χ4n) is 6.91. The zero-order chi connectivity index (χ0) is 30.5. The topological polar surface area (TPSA) is 3.24 Å². The third-order valence-electron chi connectivity index (χ3n) is 9.06. The van der Waals surface area contributed by atoms with E-state index in [0.29, 0.717) is 0 Å². The molecule has 0 aliphatic heterocycles. The Morgan fingerprint density at radius 2 is 1.04 bits per heavy atom. The van der Waals surface area contributed by atoms with Crippen LogP contribution in [0.3, 0.4) is 0 Å². The minimum absolute atomic E-state index is 1.12. The molecule has 0 bridgehead atoms. The van der Waals surface area contributed by atoms with Crippen molar-refractivity contribution >= 4 is 70.1 Å². The minimum Gasteiger partial charge on any atom is -0.310 e. The molecular formula is C44H29NS. The molecule has 0 unspecified atom stereocenters. The van der Waals surface area contributed by atoms with E-state index < -0.39 is 0 Å². The van der Waals surface area contributed by atoms with Crippen LogP contribution in [-0.2, 0) is 0 Å². The summed E-state index contributed by atoms with van der Waals surface area (Å²) >= 11 is 1.87. The number of nitrogens with zero attached hydrogens (tertiary/aromatic N) is 1. The van der Waals surface area contributed by atoms with Crippen molar-refractivity contribution in [3.63, 3.8) is 0 Å². The van der Waals surface area contributed by atoms with Crippen LogP contribution in [0, 0.1) is 0 Å². The van der Waals surface area contributed by atoms with Crippen LogP contribution in [0.25, 0.3) is 64.0 Å². The lowest BCUT2D eigenvalue weighted by Gasteiger charge is -2.28. The van der Waals surface area contributed by atoms with Crippen LogP contribution in [0.15, 0.2) is 176 Å². The second-order valence-corrected chi connectivity index (χ2v) is 12.8. The van der Waals surface area contributed by atoms with Crippen LogP contribution < -0.4 is 4.90 Å². The van der Waals surface area contributed by atoms with Crippen molar-refractivity contribution in [2.24, 2.45) is 0 Å². The summed E-state index contributed by atoms with van der Waals surface area (Å²) in [6.45, 7) is 0. The Balaban J connectivity index is 1.27. The summed E-state index contributed by atoms with van der Waals surface area (Å²) < 4.78 is 2.65. The number of hydrogen-bond donors (Lipinski definition) is 0. The predicted octanol–water partition coefficient (Wildman–Crippen LogP) is 13.2. The smallest absolute Gasteiger partial charge is 0.0540 e. The molecule has 0 saturated carbocycles. The molecule has 0 atom stereocenters. The van der Waals surface area contributed by atoms with Crippen molar-refractivity contribution < 1.29 is 0 Å². The maximum atomic E-state index is 2.42. The first-order valence-corrected chi connectivity index (χ1v) is 16.5. The van der Waals surface area contributed by atoms with Gasteiger partial charge in [-0.25, -0.2) is 0 Å². The van der Waals surface area contributed by atoms with E-state index in [1.54, 1.807) is 0 Å². The van der Waals surface area contributed by atoms with Crippen molar-refractivity contribution in [3.05, 3.63) is 176 Å². The van der Waals surface area contributed by atoms with E-state index in [4.69, 9.17) is 0 Å². The molecule has 1 heterocycles. The number of rotatable bonds is 5. The normalized spacial score (nSPS) is 11.5. The number of benzene rings is 8. The van der Waals surface area contributed by atoms with E-state index in [1.807, 2.05) is 11.3 Å². The first kappa shape index (κ1) is 26.7. The monoisotopic (exact) mass is 603 g/mol. The summed E-state index contributed by atoms with van der Waals surface area (Å²) in [6.07, 6.45) is 0. The van der Waals surface area contributed by atoms with Crippen molar-refractivity contribution in [1.82, 2.24) is 0 Å². The molecule has 0 fully saturated rings. The Labute approximate surface area is 272 Å². The maximum Gasteiger partial charge on any atom is 0.0540 e. The second kappa shape index (κ2) is 11.0. The molecule has 0 saturated heterocycles. The Morgan fingerprint density at radius 1 is 0.370 bits per heavy atom. The number of thiophene rings is 1. The molecule has 0 radical (unpaired) electrons. The van der Waals surface area contributed by atoms with Gasteiger partial charge in [0.1, 0.15) is 0 Å². The van der Waals surface area contributed by atoms with Gasteiger partial charge in [-0.1, -0.05) is 133 Å². The van der Waals surface area contributed by atoms with Crippen LogP contribution in [0.5, 0.6) is 0 Å². The molecular weight excluding hydrogens is 575 g/mol. The van der Waals surface area contributed by atoms with Gasteiger partial charge in [0.05, 0.1) is 5.69 Å². The van der Waals surface area contributed by atoms with E-state index in [9.17, 15) is 0 Å². The van der Waals surface area contributed by atoms with Crippen LogP contribution in [0.4, 0.5) is 17.1 Å². The lowest BCUT2D eigenvalue weighted by atomic mass is 9.97.